The lowest BCUT2D eigenvalue weighted by Crippen LogP contribution is -2.37. The van der Waals surface area contributed by atoms with E-state index in [0.717, 1.165) is 5.56 Å². The Morgan fingerprint density at radius 1 is 1.29 bits per heavy atom. The molecule has 5 heteroatoms. The van der Waals surface area contributed by atoms with Gasteiger partial charge in [-0.2, -0.15) is 5.26 Å². The molecule has 2 aromatic rings. The van der Waals surface area contributed by atoms with Crippen molar-refractivity contribution < 1.29 is 4.79 Å². The second-order valence-electron chi connectivity index (χ2n) is 4.59. The Kier molecular flexibility index (Phi) is 4.94. The molecule has 4 nitrogen and oxygen atoms in total. The van der Waals surface area contributed by atoms with E-state index in [1.807, 2.05) is 36.4 Å². The van der Waals surface area contributed by atoms with Gasteiger partial charge >= 0.3 is 0 Å². The molecule has 3 N–H and O–H groups in total. The Hall–Kier alpha value is -2.35. The van der Waals surface area contributed by atoms with E-state index >= 15 is 0 Å². The third kappa shape index (κ3) is 4.06. The minimum atomic E-state index is -0.651. The van der Waals surface area contributed by atoms with Gasteiger partial charge in [-0.1, -0.05) is 41.9 Å². The van der Waals surface area contributed by atoms with Crippen LogP contribution in [0.2, 0.25) is 5.02 Å². The Bertz CT molecular complexity index is 680. The highest BCUT2D eigenvalue weighted by atomic mass is 35.5. The smallest absolute Gasteiger partial charge is 0.241 e. The largest absolute Gasteiger partial charge is 0.325 e. The van der Waals surface area contributed by atoms with Gasteiger partial charge < -0.3 is 11.1 Å². The van der Waals surface area contributed by atoms with Gasteiger partial charge in [-0.25, -0.2) is 0 Å². The molecule has 2 rings (SSSR count). The van der Waals surface area contributed by atoms with Gasteiger partial charge in [-0.3, -0.25) is 4.79 Å². The number of rotatable bonds is 4. The zero-order valence-electron chi connectivity index (χ0n) is 11.2. The third-order valence-electron chi connectivity index (χ3n) is 2.99. The Balaban J connectivity index is 2.01. The highest BCUT2D eigenvalue weighted by Gasteiger charge is 2.14. The van der Waals surface area contributed by atoms with E-state index in [4.69, 9.17) is 22.6 Å². The molecule has 0 aliphatic rings. The molecular formula is C16H14ClN3O. The summed E-state index contributed by atoms with van der Waals surface area (Å²) in [6.07, 6.45) is 0.455. The quantitative estimate of drug-likeness (QED) is 0.911. The molecule has 21 heavy (non-hydrogen) atoms. The van der Waals surface area contributed by atoms with E-state index in [9.17, 15) is 4.79 Å². The first-order valence-electron chi connectivity index (χ1n) is 6.40. The summed E-state index contributed by atoms with van der Waals surface area (Å²) in [4.78, 5) is 12.0. The highest BCUT2D eigenvalue weighted by molar-refractivity contribution is 6.32. The molecule has 0 heterocycles. The van der Waals surface area contributed by atoms with E-state index in [-0.39, 0.29) is 5.91 Å². The maximum absolute atomic E-state index is 12.0. The molecule has 1 atom stereocenters. The summed E-state index contributed by atoms with van der Waals surface area (Å²) in [6.45, 7) is 0. The van der Waals surface area contributed by atoms with Crippen LogP contribution in [0.3, 0.4) is 0 Å². The fraction of sp³-hybridized carbons (Fsp3) is 0.125. The number of nitrogens with two attached hydrogens (primary N) is 1. The third-order valence-corrected chi connectivity index (χ3v) is 3.30. The van der Waals surface area contributed by atoms with Crippen LogP contribution >= 0.6 is 11.6 Å². The first kappa shape index (κ1) is 15.0. The van der Waals surface area contributed by atoms with Crippen LogP contribution in [0.25, 0.3) is 0 Å². The molecule has 0 aromatic heterocycles. The summed E-state index contributed by atoms with van der Waals surface area (Å²) in [5, 5.41) is 11.8. The van der Waals surface area contributed by atoms with Gasteiger partial charge in [0.2, 0.25) is 5.91 Å². The van der Waals surface area contributed by atoms with Gasteiger partial charge in [0.15, 0.2) is 0 Å². The molecular weight excluding hydrogens is 286 g/mol. The molecule has 1 amide bonds. The molecule has 2 aromatic carbocycles. The lowest BCUT2D eigenvalue weighted by atomic mass is 10.1. The van der Waals surface area contributed by atoms with E-state index < -0.39 is 6.04 Å². The number of nitrogens with one attached hydrogen (secondary N) is 1. The molecule has 0 bridgehead atoms. The lowest BCUT2D eigenvalue weighted by Gasteiger charge is -2.12. The van der Waals surface area contributed by atoms with E-state index in [1.54, 1.807) is 12.1 Å². The maximum atomic E-state index is 12.0. The summed E-state index contributed by atoms with van der Waals surface area (Å²) >= 11 is 5.92. The first-order chi connectivity index (χ1) is 10.1. The zero-order chi connectivity index (χ0) is 15.2. The van der Waals surface area contributed by atoms with Crippen molar-refractivity contribution >= 4 is 23.2 Å². The van der Waals surface area contributed by atoms with E-state index in [0.29, 0.717) is 22.7 Å². The van der Waals surface area contributed by atoms with Crippen molar-refractivity contribution in [3.8, 4) is 6.07 Å². The number of halogens is 1. The summed E-state index contributed by atoms with van der Waals surface area (Å²) in [7, 11) is 0. The molecule has 0 saturated carbocycles. The maximum Gasteiger partial charge on any atom is 0.241 e. The monoisotopic (exact) mass is 299 g/mol. The van der Waals surface area contributed by atoms with Gasteiger partial charge in [0, 0.05) is 5.69 Å². The van der Waals surface area contributed by atoms with Gasteiger partial charge in [0.25, 0.3) is 0 Å². The van der Waals surface area contributed by atoms with Crippen LogP contribution in [0.5, 0.6) is 0 Å². The second kappa shape index (κ2) is 6.89. The molecule has 0 saturated heterocycles. The van der Waals surface area contributed by atoms with E-state index in [1.165, 1.54) is 6.07 Å². The predicted molar refractivity (Wildman–Crippen MR) is 82.9 cm³/mol. The van der Waals surface area contributed by atoms with Crippen LogP contribution in [0.1, 0.15) is 11.1 Å². The number of nitriles is 1. The highest BCUT2D eigenvalue weighted by Crippen LogP contribution is 2.20. The van der Waals surface area contributed by atoms with Crippen molar-refractivity contribution in [2.45, 2.75) is 12.5 Å². The van der Waals surface area contributed by atoms with Crippen molar-refractivity contribution in [1.82, 2.24) is 0 Å². The van der Waals surface area contributed by atoms with Crippen LogP contribution < -0.4 is 11.1 Å². The van der Waals surface area contributed by atoms with Gasteiger partial charge in [-0.15, -0.1) is 0 Å². The Morgan fingerprint density at radius 2 is 2.00 bits per heavy atom. The molecule has 0 aliphatic carbocycles. The number of benzene rings is 2. The summed E-state index contributed by atoms with van der Waals surface area (Å²) in [5.41, 5.74) is 7.78. The SMILES string of the molecule is N#Cc1ccc(NC(=O)C(N)Cc2ccccc2)cc1Cl. The average molecular weight is 300 g/mol. The zero-order valence-corrected chi connectivity index (χ0v) is 12.0. The predicted octanol–water partition coefficient (Wildman–Crippen LogP) is 2.72. The normalized spacial score (nSPS) is 11.5. The van der Waals surface area contributed by atoms with E-state index in [2.05, 4.69) is 5.32 Å². The van der Waals surface area contributed by atoms with Crippen LogP contribution in [-0.2, 0) is 11.2 Å². The minimum absolute atomic E-state index is 0.292. The molecule has 106 valence electrons. The van der Waals surface area contributed by atoms with Crippen molar-refractivity contribution in [2.75, 3.05) is 5.32 Å². The standard InChI is InChI=1S/C16H14ClN3O/c17-14-9-13(7-6-12(14)10-18)20-16(21)15(19)8-11-4-2-1-3-5-11/h1-7,9,15H,8,19H2,(H,20,21). The van der Waals surface area contributed by atoms with Crippen LogP contribution in [0.4, 0.5) is 5.69 Å². The van der Waals surface area contributed by atoms with Crippen molar-refractivity contribution in [2.24, 2.45) is 5.73 Å². The summed E-state index contributed by atoms with van der Waals surface area (Å²) in [5.74, 6) is -0.292. The van der Waals surface area contributed by atoms with Gasteiger partial charge in [0.05, 0.1) is 16.6 Å². The van der Waals surface area contributed by atoms with Crippen LogP contribution in [-0.4, -0.2) is 11.9 Å². The number of amides is 1. The van der Waals surface area contributed by atoms with Crippen molar-refractivity contribution in [1.29, 1.82) is 5.26 Å². The lowest BCUT2D eigenvalue weighted by molar-refractivity contribution is -0.117. The Morgan fingerprint density at radius 3 is 2.62 bits per heavy atom. The van der Waals surface area contributed by atoms with Crippen molar-refractivity contribution in [3.05, 3.63) is 64.7 Å². The Labute approximate surface area is 128 Å². The number of nitrogens with zero attached hydrogens (tertiary/aromatic N) is 1. The van der Waals surface area contributed by atoms with Gasteiger partial charge in [0.1, 0.15) is 6.07 Å². The molecule has 0 fully saturated rings. The first-order valence-corrected chi connectivity index (χ1v) is 6.78. The molecule has 0 spiro atoms. The summed E-state index contributed by atoms with van der Waals surface area (Å²) in [6, 6.07) is 15.6. The number of carbonyl (C=O) groups excluding carboxylic acids is 1. The number of carbonyl (C=O) groups is 1. The van der Waals surface area contributed by atoms with Crippen LogP contribution in [0.15, 0.2) is 48.5 Å². The average Bonchev–Trinajstić information content (AvgIpc) is 2.48. The van der Waals surface area contributed by atoms with Crippen molar-refractivity contribution in [3.63, 3.8) is 0 Å². The minimum Gasteiger partial charge on any atom is -0.325 e. The summed E-state index contributed by atoms with van der Waals surface area (Å²) < 4.78 is 0. The number of hydrogen-bond donors (Lipinski definition) is 2. The topological polar surface area (TPSA) is 78.9 Å². The fourth-order valence-electron chi connectivity index (χ4n) is 1.88. The van der Waals surface area contributed by atoms with Gasteiger partial charge in [-0.05, 0) is 30.2 Å². The number of hydrogen-bond acceptors (Lipinski definition) is 3. The number of anilines is 1. The fourth-order valence-corrected chi connectivity index (χ4v) is 2.10. The molecule has 1 unspecified atom stereocenters. The van der Waals surface area contributed by atoms with Crippen LogP contribution in [0, 0.1) is 11.3 Å². The molecule has 0 radical (unpaired) electrons. The second-order valence-corrected chi connectivity index (χ2v) is 5.00. The molecule has 0 aliphatic heterocycles.